The van der Waals surface area contributed by atoms with E-state index in [0.717, 1.165) is 4.09 Å². The molecule has 5 rings (SSSR count). The first-order valence-corrected chi connectivity index (χ1v) is 10.0. The second-order valence-corrected chi connectivity index (χ2v) is 8.21. The predicted octanol–water partition coefficient (Wildman–Crippen LogP) is 3.49. The Morgan fingerprint density at radius 1 is 0.857 bits per heavy atom. The molecule has 0 saturated carbocycles. The first-order valence-electron chi connectivity index (χ1n) is 8.58. The van der Waals surface area contributed by atoms with Gasteiger partial charge >= 0.3 is 0 Å². The average molecular weight is 390 g/mol. The number of nitrogens with zero attached hydrogens (tertiary/aromatic N) is 2. The minimum absolute atomic E-state index is 0.0912. The van der Waals surface area contributed by atoms with Gasteiger partial charge < -0.3 is 4.74 Å². The van der Waals surface area contributed by atoms with Crippen molar-refractivity contribution < 1.29 is 17.9 Å². The normalized spacial score (nSPS) is 12.8. The van der Waals surface area contributed by atoms with Crippen LogP contribution in [-0.4, -0.2) is 30.5 Å². The Bertz CT molecular complexity index is 1370. The first kappa shape index (κ1) is 16.7. The number of aromatic nitrogens is 2. The van der Waals surface area contributed by atoms with Crippen molar-refractivity contribution in [2.45, 2.75) is 4.90 Å². The van der Waals surface area contributed by atoms with Gasteiger partial charge in [-0.05, 0) is 30.3 Å². The lowest BCUT2D eigenvalue weighted by molar-refractivity contribution is 0.104. The van der Waals surface area contributed by atoms with Gasteiger partial charge in [-0.15, -0.1) is 0 Å². The van der Waals surface area contributed by atoms with Crippen LogP contribution in [0.15, 0.2) is 71.6 Å². The number of ether oxygens (including phenoxy) is 1. The molecule has 0 N–H and O–H groups in total. The fraction of sp³-hybridized carbons (Fsp3) is 0.0476. The highest BCUT2D eigenvalue weighted by molar-refractivity contribution is 7.90. The molecule has 0 amide bonds. The van der Waals surface area contributed by atoms with Crippen LogP contribution in [0.25, 0.3) is 22.2 Å². The number of benzene rings is 3. The van der Waals surface area contributed by atoms with Crippen LogP contribution < -0.4 is 4.74 Å². The van der Waals surface area contributed by atoms with Crippen LogP contribution in [0, 0.1) is 0 Å². The first-order chi connectivity index (χ1) is 13.5. The zero-order valence-corrected chi connectivity index (χ0v) is 15.6. The monoisotopic (exact) mass is 390 g/mol. The number of hydrogen-bond acceptors (Lipinski definition) is 5. The average Bonchev–Trinajstić information content (AvgIpc) is 3.13. The van der Waals surface area contributed by atoms with Crippen LogP contribution in [0.5, 0.6) is 5.75 Å². The fourth-order valence-corrected chi connectivity index (χ4v) is 4.86. The Kier molecular flexibility index (Phi) is 3.44. The minimum Gasteiger partial charge on any atom is -0.497 e. The van der Waals surface area contributed by atoms with Gasteiger partial charge in [-0.25, -0.2) is 0 Å². The highest BCUT2D eigenvalue weighted by Crippen LogP contribution is 2.39. The second kappa shape index (κ2) is 5.77. The van der Waals surface area contributed by atoms with Crippen LogP contribution in [0.3, 0.4) is 0 Å². The van der Waals surface area contributed by atoms with E-state index >= 15 is 0 Å². The van der Waals surface area contributed by atoms with E-state index in [1.165, 1.54) is 19.2 Å². The number of carbonyl (C=O) groups excluding carboxylic acids is 1. The number of hydrogen-bond donors (Lipinski definition) is 0. The molecule has 3 aromatic carbocycles. The van der Waals surface area contributed by atoms with E-state index in [9.17, 15) is 13.2 Å². The van der Waals surface area contributed by atoms with Crippen LogP contribution >= 0.6 is 0 Å². The molecular weight excluding hydrogens is 376 g/mol. The summed E-state index contributed by atoms with van der Waals surface area (Å²) in [6.45, 7) is 0. The standard InChI is InChI=1S/C21H14N2O4S/c1-27-13-9-11-14(12-10-13)28(25,26)23-18-8-4-7-17-19(18)20(22-23)15-5-2-3-6-16(15)21(17)24/h2-12H,1H3. The summed E-state index contributed by atoms with van der Waals surface area (Å²) in [5.41, 5.74) is 2.50. The number of fused-ring (bicyclic) bond motifs is 2. The molecule has 0 atom stereocenters. The van der Waals surface area contributed by atoms with Gasteiger partial charge in [0.05, 0.1) is 17.5 Å². The summed E-state index contributed by atoms with van der Waals surface area (Å²) in [6.07, 6.45) is 0. The van der Waals surface area contributed by atoms with Crippen LogP contribution in [-0.2, 0) is 10.0 Å². The molecule has 0 bridgehead atoms. The number of carbonyl (C=O) groups is 1. The van der Waals surface area contributed by atoms with Crippen molar-refractivity contribution in [2.75, 3.05) is 7.11 Å². The number of methoxy groups -OCH3 is 1. The molecule has 1 aliphatic rings. The number of rotatable bonds is 3. The third-order valence-electron chi connectivity index (χ3n) is 4.93. The smallest absolute Gasteiger partial charge is 0.283 e. The Labute approximate surface area is 161 Å². The number of ketones is 1. The molecular formula is C21H14N2O4S. The summed E-state index contributed by atoms with van der Waals surface area (Å²) < 4.78 is 32.7. The summed E-state index contributed by atoms with van der Waals surface area (Å²) in [5, 5.41) is 4.99. The van der Waals surface area contributed by atoms with Crippen molar-refractivity contribution >= 4 is 26.7 Å². The molecule has 0 fully saturated rings. The molecule has 1 aromatic heterocycles. The van der Waals surface area contributed by atoms with Crippen molar-refractivity contribution in [2.24, 2.45) is 0 Å². The molecule has 0 radical (unpaired) electrons. The fourth-order valence-electron chi connectivity index (χ4n) is 3.58. The quantitative estimate of drug-likeness (QED) is 0.471. The van der Waals surface area contributed by atoms with Crippen molar-refractivity contribution in [3.05, 3.63) is 77.9 Å². The van der Waals surface area contributed by atoms with Crippen molar-refractivity contribution in [3.8, 4) is 17.0 Å². The zero-order chi connectivity index (χ0) is 19.5. The molecule has 1 aliphatic carbocycles. The van der Waals surface area contributed by atoms with E-state index < -0.39 is 10.0 Å². The Morgan fingerprint density at radius 3 is 2.25 bits per heavy atom. The Morgan fingerprint density at radius 2 is 1.54 bits per heavy atom. The van der Waals surface area contributed by atoms with Gasteiger partial charge in [0.2, 0.25) is 0 Å². The van der Waals surface area contributed by atoms with Crippen molar-refractivity contribution in [3.63, 3.8) is 0 Å². The SMILES string of the molecule is COc1ccc(S(=O)(=O)n2nc3c4c(cccc42)C(=O)c2ccccc2-3)cc1. The third kappa shape index (κ3) is 2.16. The molecule has 0 aliphatic heterocycles. The van der Waals surface area contributed by atoms with Gasteiger partial charge in [0.25, 0.3) is 10.0 Å². The van der Waals surface area contributed by atoms with E-state index in [-0.39, 0.29) is 10.7 Å². The van der Waals surface area contributed by atoms with Gasteiger partial charge in [0.1, 0.15) is 11.4 Å². The molecule has 0 spiro atoms. The summed E-state index contributed by atoms with van der Waals surface area (Å²) in [5.74, 6) is 0.430. The Balaban J connectivity index is 1.81. The van der Waals surface area contributed by atoms with Gasteiger partial charge in [-0.1, -0.05) is 36.4 Å². The van der Waals surface area contributed by atoms with Gasteiger partial charge in [-0.3, -0.25) is 4.79 Å². The van der Waals surface area contributed by atoms with E-state index in [1.807, 2.05) is 6.07 Å². The summed E-state index contributed by atoms with van der Waals surface area (Å²) in [6, 6.07) is 18.3. The van der Waals surface area contributed by atoms with E-state index in [2.05, 4.69) is 5.10 Å². The lowest BCUT2D eigenvalue weighted by Crippen LogP contribution is -2.14. The summed E-state index contributed by atoms with van der Waals surface area (Å²) >= 11 is 0. The molecule has 28 heavy (non-hydrogen) atoms. The van der Waals surface area contributed by atoms with E-state index in [1.54, 1.807) is 48.5 Å². The van der Waals surface area contributed by atoms with Crippen LogP contribution in [0.2, 0.25) is 0 Å². The Hall–Kier alpha value is -3.45. The topological polar surface area (TPSA) is 78.3 Å². The summed E-state index contributed by atoms with van der Waals surface area (Å²) in [7, 11) is -2.43. The van der Waals surface area contributed by atoms with Gasteiger partial charge in [-0.2, -0.15) is 17.6 Å². The molecule has 138 valence electrons. The third-order valence-corrected chi connectivity index (χ3v) is 6.53. The molecule has 0 unspecified atom stereocenters. The molecule has 1 heterocycles. The molecule has 0 saturated heterocycles. The second-order valence-electron chi connectivity index (χ2n) is 6.45. The lowest BCUT2D eigenvalue weighted by atomic mass is 9.87. The maximum absolute atomic E-state index is 13.3. The summed E-state index contributed by atoms with van der Waals surface area (Å²) in [4.78, 5) is 13.0. The van der Waals surface area contributed by atoms with E-state index in [4.69, 9.17) is 4.74 Å². The van der Waals surface area contributed by atoms with Gasteiger partial charge in [0, 0.05) is 22.1 Å². The van der Waals surface area contributed by atoms with Crippen LogP contribution in [0.1, 0.15) is 15.9 Å². The maximum Gasteiger partial charge on any atom is 0.283 e. The molecule has 7 heteroatoms. The van der Waals surface area contributed by atoms with Crippen LogP contribution in [0.4, 0.5) is 0 Å². The molecule has 4 aromatic rings. The highest BCUT2D eigenvalue weighted by Gasteiger charge is 2.31. The van der Waals surface area contributed by atoms with Crippen molar-refractivity contribution in [1.82, 2.24) is 9.19 Å². The van der Waals surface area contributed by atoms with E-state index in [0.29, 0.717) is 39.0 Å². The predicted molar refractivity (Wildman–Crippen MR) is 104 cm³/mol. The van der Waals surface area contributed by atoms with Gasteiger partial charge in [0.15, 0.2) is 5.78 Å². The highest BCUT2D eigenvalue weighted by atomic mass is 32.2. The minimum atomic E-state index is -3.95. The maximum atomic E-state index is 13.3. The largest absolute Gasteiger partial charge is 0.497 e. The lowest BCUT2D eigenvalue weighted by Gasteiger charge is -2.13. The van der Waals surface area contributed by atoms with Crippen molar-refractivity contribution in [1.29, 1.82) is 0 Å². The molecule has 6 nitrogen and oxygen atoms in total. The zero-order valence-electron chi connectivity index (χ0n) is 14.8.